The fourth-order valence-corrected chi connectivity index (χ4v) is 2.79. The van der Waals surface area contributed by atoms with Crippen molar-refractivity contribution >= 4 is 12.6 Å². The first kappa shape index (κ1) is 18.5. The standard InChI is InChI=1S/C17H33N3S/c1-3-16(2)11-7-6-9-13-20-17(15-18-19-20)12-8-4-5-10-14-21/h15-16,21H,3-14H2,1-2H3. The topological polar surface area (TPSA) is 30.7 Å². The fourth-order valence-electron chi connectivity index (χ4n) is 2.57. The molecule has 0 aromatic carbocycles. The molecule has 0 aliphatic rings. The number of nitrogens with zero attached hydrogens (tertiary/aromatic N) is 3. The third-order valence-electron chi connectivity index (χ3n) is 4.30. The molecule has 0 saturated carbocycles. The molecule has 1 rings (SSSR count). The maximum Gasteiger partial charge on any atom is 0.0725 e. The third-order valence-corrected chi connectivity index (χ3v) is 4.62. The van der Waals surface area contributed by atoms with Gasteiger partial charge in [0.2, 0.25) is 0 Å². The van der Waals surface area contributed by atoms with Crippen LogP contribution < -0.4 is 0 Å². The van der Waals surface area contributed by atoms with E-state index in [1.165, 1.54) is 63.5 Å². The minimum absolute atomic E-state index is 0.879. The highest BCUT2D eigenvalue weighted by molar-refractivity contribution is 7.80. The number of rotatable bonds is 13. The van der Waals surface area contributed by atoms with Crippen molar-refractivity contribution in [1.29, 1.82) is 0 Å². The molecule has 0 amide bonds. The predicted octanol–water partition coefficient (Wildman–Crippen LogP) is 4.92. The van der Waals surface area contributed by atoms with Gasteiger partial charge in [-0.05, 0) is 37.4 Å². The molecule has 4 heteroatoms. The molecular weight excluding hydrogens is 278 g/mol. The van der Waals surface area contributed by atoms with Crippen molar-refractivity contribution < 1.29 is 0 Å². The van der Waals surface area contributed by atoms with Gasteiger partial charge in [-0.25, -0.2) is 4.68 Å². The molecule has 0 fully saturated rings. The highest BCUT2D eigenvalue weighted by Gasteiger charge is 2.04. The lowest BCUT2D eigenvalue weighted by atomic mass is 10.0. The average Bonchev–Trinajstić information content (AvgIpc) is 2.94. The molecule has 0 radical (unpaired) electrons. The Labute approximate surface area is 136 Å². The van der Waals surface area contributed by atoms with E-state index in [2.05, 4.69) is 41.5 Å². The van der Waals surface area contributed by atoms with Gasteiger partial charge >= 0.3 is 0 Å². The molecule has 0 bridgehead atoms. The van der Waals surface area contributed by atoms with Gasteiger partial charge in [-0.1, -0.05) is 57.6 Å². The van der Waals surface area contributed by atoms with E-state index in [9.17, 15) is 0 Å². The van der Waals surface area contributed by atoms with Crippen LogP contribution in [0.1, 0.15) is 77.3 Å². The molecule has 1 atom stereocenters. The molecule has 0 saturated heterocycles. The zero-order chi connectivity index (χ0) is 15.3. The lowest BCUT2D eigenvalue weighted by Gasteiger charge is -2.08. The first-order chi connectivity index (χ1) is 10.3. The number of unbranched alkanes of at least 4 members (excludes halogenated alkanes) is 5. The molecule has 0 N–H and O–H groups in total. The van der Waals surface area contributed by atoms with Crippen molar-refractivity contribution in [1.82, 2.24) is 15.0 Å². The van der Waals surface area contributed by atoms with E-state index in [0.29, 0.717) is 0 Å². The van der Waals surface area contributed by atoms with Crippen LogP contribution in [0.4, 0.5) is 0 Å². The molecular formula is C17H33N3S. The smallest absolute Gasteiger partial charge is 0.0725 e. The summed E-state index contributed by atoms with van der Waals surface area (Å²) in [5, 5.41) is 8.31. The monoisotopic (exact) mass is 311 g/mol. The van der Waals surface area contributed by atoms with Crippen LogP contribution in [0.5, 0.6) is 0 Å². The SMILES string of the molecule is CCC(C)CCCCCn1nncc1CCCCCCS. The van der Waals surface area contributed by atoms with Gasteiger partial charge in [0.25, 0.3) is 0 Å². The Kier molecular flexibility index (Phi) is 10.7. The highest BCUT2D eigenvalue weighted by atomic mass is 32.1. The predicted molar refractivity (Wildman–Crippen MR) is 94.0 cm³/mol. The van der Waals surface area contributed by atoms with Gasteiger partial charge < -0.3 is 0 Å². The van der Waals surface area contributed by atoms with Gasteiger partial charge in [-0.2, -0.15) is 12.6 Å². The molecule has 0 aliphatic heterocycles. The number of thiol groups is 1. The molecule has 122 valence electrons. The van der Waals surface area contributed by atoms with Gasteiger partial charge in [0.15, 0.2) is 0 Å². The summed E-state index contributed by atoms with van der Waals surface area (Å²) >= 11 is 4.25. The summed E-state index contributed by atoms with van der Waals surface area (Å²) < 4.78 is 2.11. The Morgan fingerprint density at radius 2 is 1.86 bits per heavy atom. The van der Waals surface area contributed by atoms with Crippen molar-refractivity contribution in [3.05, 3.63) is 11.9 Å². The van der Waals surface area contributed by atoms with Gasteiger partial charge in [0.1, 0.15) is 0 Å². The minimum atomic E-state index is 0.879. The van der Waals surface area contributed by atoms with Crippen molar-refractivity contribution in [2.45, 2.75) is 84.6 Å². The molecule has 0 spiro atoms. The van der Waals surface area contributed by atoms with Gasteiger partial charge in [-0.3, -0.25) is 0 Å². The maximum absolute atomic E-state index is 4.25. The molecule has 1 aromatic heterocycles. The quantitative estimate of drug-likeness (QED) is 0.414. The summed E-state index contributed by atoms with van der Waals surface area (Å²) in [5.74, 6) is 1.89. The van der Waals surface area contributed by atoms with E-state index in [4.69, 9.17) is 0 Å². The Bertz CT molecular complexity index is 352. The van der Waals surface area contributed by atoms with Crippen molar-refractivity contribution in [2.24, 2.45) is 5.92 Å². The average molecular weight is 312 g/mol. The van der Waals surface area contributed by atoms with Crippen LogP contribution in [0.25, 0.3) is 0 Å². The van der Waals surface area contributed by atoms with E-state index in [-0.39, 0.29) is 0 Å². The third kappa shape index (κ3) is 8.50. The van der Waals surface area contributed by atoms with Gasteiger partial charge in [-0.15, -0.1) is 5.10 Å². The van der Waals surface area contributed by atoms with Crippen LogP contribution in [0.15, 0.2) is 6.20 Å². The lowest BCUT2D eigenvalue weighted by Crippen LogP contribution is -2.06. The van der Waals surface area contributed by atoms with Gasteiger partial charge in [0, 0.05) is 6.54 Å². The number of hydrogen-bond donors (Lipinski definition) is 1. The van der Waals surface area contributed by atoms with Gasteiger partial charge in [0.05, 0.1) is 11.9 Å². The second kappa shape index (κ2) is 12.1. The van der Waals surface area contributed by atoms with Crippen LogP contribution in [0.2, 0.25) is 0 Å². The summed E-state index contributed by atoms with van der Waals surface area (Å²) in [5.41, 5.74) is 1.31. The Morgan fingerprint density at radius 3 is 2.62 bits per heavy atom. The fraction of sp³-hybridized carbons (Fsp3) is 0.882. The van der Waals surface area contributed by atoms with E-state index in [1.54, 1.807) is 0 Å². The van der Waals surface area contributed by atoms with Crippen LogP contribution in [-0.4, -0.2) is 20.7 Å². The zero-order valence-electron chi connectivity index (χ0n) is 13.9. The Hall–Kier alpha value is -0.510. The first-order valence-corrected chi connectivity index (χ1v) is 9.39. The zero-order valence-corrected chi connectivity index (χ0v) is 14.8. The molecule has 0 aliphatic carbocycles. The molecule has 3 nitrogen and oxygen atoms in total. The number of hydrogen-bond acceptors (Lipinski definition) is 3. The largest absolute Gasteiger partial charge is 0.249 e. The Morgan fingerprint density at radius 1 is 1.10 bits per heavy atom. The maximum atomic E-state index is 4.25. The van der Waals surface area contributed by atoms with Crippen LogP contribution in [0, 0.1) is 5.92 Å². The summed E-state index contributed by atoms with van der Waals surface area (Å²) in [6.45, 7) is 5.67. The molecule has 1 heterocycles. The molecule has 21 heavy (non-hydrogen) atoms. The normalized spacial score (nSPS) is 12.7. The van der Waals surface area contributed by atoms with Crippen LogP contribution in [0.3, 0.4) is 0 Å². The second-order valence-corrected chi connectivity index (χ2v) is 6.65. The van der Waals surface area contributed by atoms with E-state index in [1.807, 2.05) is 6.20 Å². The van der Waals surface area contributed by atoms with Crippen LogP contribution >= 0.6 is 12.6 Å². The van der Waals surface area contributed by atoms with Crippen molar-refractivity contribution in [3.8, 4) is 0 Å². The highest BCUT2D eigenvalue weighted by Crippen LogP contribution is 2.13. The molecule has 1 unspecified atom stereocenters. The molecule has 1 aromatic rings. The lowest BCUT2D eigenvalue weighted by molar-refractivity contribution is 0.454. The summed E-state index contributed by atoms with van der Waals surface area (Å²) in [4.78, 5) is 0. The minimum Gasteiger partial charge on any atom is -0.249 e. The van der Waals surface area contributed by atoms with E-state index in [0.717, 1.165) is 24.6 Å². The van der Waals surface area contributed by atoms with E-state index < -0.39 is 0 Å². The van der Waals surface area contributed by atoms with E-state index >= 15 is 0 Å². The summed E-state index contributed by atoms with van der Waals surface area (Å²) in [6, 6.07) is 0. The number of aromatic nitrogens is 3. The number of aryl methyl sites for hydroxylation is 2. The van der Waals surface area contributed by atoms with Crippen molar-refractivity contribution in [3.63, 3.8) is 0 Å². The summed E-state index contributed by atoms with van der Waals surface area (Å²) in [7, 11) is 0. The first-order valence-electron chi connectivity index (χ1n) is 8.76. The van der Waals surface area contributed by atoms with Crippen LogP contribution in [-0.2, 0) is 13.0 Å². The summed E-state index contributed by atoms with van der Waals surface area (Å²) in [6.07, 6.45) is 14.7. The second-order valence-electron chi connectivity index (χ2n) is 6.20. The Balaban J connectivity index is 2.13. The van der Waals surface area contributed by atoms with Crippen molar-refractivity contribution in [2.75, 3.05) is 5.75 Å².